The Bertz CT molecular complexity index is 126. The smallest absolute Gasteiger partial charge is 0.111 e. The quantitative estimate of drug-likeness (QED) is 0.343. The van der Waals surface area contributed by atoms with Crippen molar-refractivity contribution in [2.24, 2.45) is 0 Å². The number of aliphatic hydroxyl groups is 4. The lowest BCUT2D eigenvalue weighted by atomic mass is 10.0. The number of hydrogen-bond acceptors (Lipinski definition) is 5. The van der Waals surface area contributed by atoms with Gasteiger partial charge in [0.1, 0.15) is 24.4 Å². The molecule has 1 aliphatic heterocycles. The van der Waals surface area contributed by atoms with Gasteiger partial charge in [0, 0.05) is 0 Å². The molecule has 1 fully saturated rings. The zero-order valence-corrected chi connectivity index (χ0v) is 5.92. The summed E-state index contributed by atoms with van der Waals surface area (Å²) in [6.07, 6.45) is -4.27. The highest BCUT2D eigenvalue weighted by molar-refractivity contribution is 4.85. The Kier molecular flexibility index (Phi) is 2.80. The summed E-state index contributed by atoms with van der Waals surface area (Å²) in [6.45, 7) is -0.408. The maximum Gasteiger partial charge on any atom is 0.111 e. The van der Waals surface area contributed by atoms with Crippen LogP contribution in [0.4, 0.5) is 0 Å². The van der Waals surface area contributed by atoms with Crippen molar-refractivity contribution < 1.29 is 25.2 Å². The summed E-state index contributed by atoms with van der Waals surface area (Å²) in [6, 6.07) is 0. The third-order valence-electron chi connectivity index (χ3n) is 1.79. The van der Waals surface area contributed by atoms with E-state index in [1.165, 1.54) is 0 Å². The van der Waals surface area contributed by atoms with E-state index in [9.17, 15) is 0 Å². The van der Waals surface area contributed by atoms with Gasteiger partial charge in [0.15, 0.2) is 0 Å². The van der Waals surface area contributed by atoms with E-state index in [0.29, 0.717) is 0 Å². The van der Waals surface area contributed by atoms with Gasteiger partial charge in [-0.15, -0.1) is 0 Å². The predicted molar refractivity (Wildman–Crippen MR) is 34.8 cm³/mol. The van der Waals surface area contributed by atoms with Crippen molar-refractivity contribution in [2.75, 3.05) is 13.2 Å². The molecule has 4 N–H and O–H groups in total. The highest BCUT2D eigenvalue weighted by atomic mass is 16.5. The minimum absolute atomic E-state index is 0.0521. The van der Waals surface area contributed by atoms with Gasteiger partial charge < -0.3 is 25.2 Å². The highest BCUT2D eigenvalue weighted by Crippen LogP contribution is 2.14. The van der Waals surface area contributed by atoms with E-state index in [4.69, 9.17) is 25.2 Å². The largest absolute Gasteiger partial charge is 0.394 e. The number of aliphatic hydroxyl groups excluding tert-OH is 4. The number of rotatable bonds is 1. The molecule has 11 heavy (non-hydrogen) atoms. The van der Waals surface area contributed by atoms with E-state index in [0.717, 1.165) is 0 Å². The molecule has 0 aromatic rings. The Labute approximate surface area is 63.8 Å². The molecule has 0 spiro atoms. The molecule has 0 aromatic carbocycles. The minimum atomic E-state index is -1.22. The van der Waals surface area contributed by atoms with Crippen LogP contribution >= 0.6 is 0 Å². The monoisotopic (exact) mass is 164 g/mol. The Morgan fingerprint density at radius 2 is 1.82 bits per heavy atom. The topological polar surface area (TPSA) is 90.2 Å². The van der Waals surface area contributed by atoms with Crippen LogP contribution in [0.15, 0.2) is 0 Å². The van der Waals surface area contributed by atoms with Gasteiger partial charge in [0.2, 0.25) is 0 Å². The van der Waals surface area contributed by atoms with Crippen LogP contribution < -0.4 is 0 Å². The molecule has 1 saturated heterocycles. The van der Waals surface area contributed by atoms with Crippen LogP contribution in [0.5, 0.6) is 0 Å². The number of ether oxygens (including phenoxy) is 1. The van der Waals surface area contributed by atoms with Gasteiger partial charge in [-0.05, 0) is 0 Å². The van der Waals surface area contributed by atoms with E-state index >= 15 is 0 Å². The van der Waals surface area contributed by atoms with E-state index in [-0.39, 0.29) is 13.2 Å². The lowest BCUT2D eigenvalue weighted by Crippen LogP contribution is -2.53. The molecule has 0 aliphatic carbocycles. The molecule has 4 atom stereocenters. The SMILES string of the molecule is OC[C@H]1OC[C@H](O)C(O)[C@@H]1O. The second-order valence-electron chi connectivity index (χ2n) is 2.60. The van der Waals surface area contributed by atoms with Gasteiger partial charge in [-0.2, -0.15) is 0 Å². The third-order valence-corrected chi connectivity index (χ3v) is 1.79. The van der Waals surface area contributed by atoms with Crippen LogP contribution in [0.25, 0.3) is 0 Å². The summed E-state index contributed by atoms with van der Waals surface area (Å²) in [5.74, 6) is 0. The van der Waals surface area contributed by atoms with Crippen LogP contribution in [0.2, 0.25) is 0 Å². The lowest BCUT2D eigenvalue weighted by Gasteiger charge is -2.34. The fourth-order valence-electron chi connectivity index (χ4n) is 1.03. The fourth-order valence-corrected chi connectivity index (χ4v) is 1.03. The molecule has 0 radical (unpaired) electrons. The average Bonchev–Trinajstić information content (AvgIpc) is 2.01. The first-order chi connectivity index (χ1) is 5.16. The van der Waals surface area contributed by atoms with Gasteiger partial charge in [-0.1, -0.05) is 0 Å². The summed E-state index contributed by atoms with van der Waals surface area (Å²) in [4.78, 5) is 0. The van der Waals surface area contributed by atoms with Gasteiger partial charge in [0.05, 0.1) is 13.2 Å². The standard InChI is InChI=1S/C6H12O5/c7-1-4-6(10)5(9)3(8)2-11-4/h3-10H,1-2H2/t3-,4+,5?,6+/m0/s1. The van der Waals surface area contributed by atoms with E-state index in [2.05, 4.69) is 0 Å². The van der Waals surface area contributed by atoms with Gasteiger partial charge >= 0.3 is 0 Å². The summed E-state index contributed by atoms with van der Waals surface area (Å²) < 4.78 is 4.81. The van der Waals surface area contributed by atoms with Crippen molar-refractivity contribution in [1.29, 1.82) is 0 Å². The first-order valence-corrected chi connectivity index (χ1v) is 3.43. The first kappa shape index (κ1) is 8.89. The molecule has 1 unspecified atom stereocenters. The van der Waals surface area contributed by atoms with Crippen molar-refractivity contribution in [3.8, 4) is 0 Å². The second-order valence-corrected chi connectivity index (χ2v) is 2.60. The maximum absolute atomic E-state index is 9.11. The molecule has 1 heterocycles. The van der Waals surface area contributed by atoms with Crippen molar-refractivity contribution in [3.63, 3.8) is 0 Å². The fraction of sp³-hybridized carbons (Fsp3) is 1.00. The lowest BCUT2D eigenvalue weighted by molar-refractivity contribution is -0.195. The van der Waals surface area contributed by atoms with Crippen LogP contribution in [-0.2, 0) is 4.74 Å². The van der Waals surface area contributed by atoms with Crippen LogP contribution in [-0.4, -0.2) is 58.1 Å². The third kappa shape index (κ3) is 1.69. The molecule has 0 bridgehead atoms. The number of hydrogen-bond donors (Lipinski definition) is 4. The molecule has 0 saturated carbocycles. The van der Waals surface area contributed by atoms with E-state index in [1.54, 1.807) is 0 Å². The Morgan fingerprint density at radius 1 is 1.18 bits per heavy atom. The van der Waals surface area contributed by atoms with Crippen molar-refractivity contribution in [2.45, 2.75) is 24.4 Å². The predicted octanol–water partition coefficient (Wildman–Crippen LogP) is -2.54. The molecule has 5 nitrogen and oxygen atoms in total. The van der Waals surface area contributed by atoms with E-state index in [1.807, 2.05) is 0 Å². The van der Waals surface area contributed by atoms with Crippen LogP contribution in [0.1, 0.15) is 0 Å². The zero-order chi connectivity index (χ0) is 8.43. The van der Waals surface area contributed by atoms with Gasteiger partial charge in [-0.3, -0.25) is 0 Å². The molecule has 66 valence electrons. The Morgan fingerprint density at radius 3 is 2.36 bits per heavy atom. The van der Waals surface area contributed by atoms with E-state index < -0.39 is 24.4 Å². The van der Waals surface area contributed by atoms with Crippen molar-refractivity contribution in [3.05, 3.63) is 0 Å². The second kappa shape index (κ2) is 3.46. The molecule has 1 rings (SSSR count). The van der Waals surface area contributed by atoms with Crippen molar-refractivity contribution in [1.82, 2.24) is 0 Å². The van der Waals surface area contributed by atoms with Crippen molar-refractivity contribution >= 4 is 0 Å². The summed E-state index contributed by atoms with van der Waals surface area (Å²) in [5.41, 5.74) is 0. The van der Waals surface area contributed by atoms with Gasteiger partial charge in [0.25, 0.3) is 0 Å². The molecular formula is C6H12O5. The Balaban J connectivity index is 2.52. The summed E-state index contributed by atoms with van der Waals surface area (Å²) in [5, 5.41) is 35.7. The highest BCUT2D eigenvalue weighted by Gasteiger charge is 2.36. The molecule has 1 aliphatic rings. The minimum Gasteiger partial charge on any atom is -0.394 e. The molecule has 5 heteroatoms. The summed E-state index contributed by atoms with van der Waals surface area (Å²) >= 11 is 0. The van der Waals surface area contributed by atoms with Crippen LogP contribution in [0, 0.1) is 0 Å². The van der Waals surface area contributed by atoms with Gasteiger partial charge in [-0.25, -0.2) is 0 Å². The normalized spacial score (nSPS) is 45.8. The average molecular weight is 164 g/mol. The molecule has 0 aromatic heterocycles. The molecule has 0 amide bonds. The first-order valence-electron chi connectivity index (χ1n) is 3.43. The molecular weight excluding hydrogens is 152 g/mol. The van der Waals surface area contributed by atoms with Crippen LogP contribution in [0.3, 0.4) is 0 Å². The maximum atomic E-state index is 9.11. The Hall–Kier alpha value is -0.200. The zero-order valence-electron chi connectivity index (χ0n) is 5.92. The summed E-state index contributed by atoms with van der Waals surface area (Å²) in [7, 11) is 0.